The fourth-order valence-electron chi connectivity index (χ4n) is 2.75. The van der Waals surface area contributed by atoms with E-state index in [-0.39, 0.29) is 6.04 Å². The molecule has 1 heterocycles. The van der Waals surface area contributed by atoms with Crippen LogP contribution >= 0.6 is 0 Å². The van der Waals surface area contributed by atoms with Crippen LogP contribution in [0.4, 0.5) is 8.78 Å². The van der Waals surface area contributed by atoms with Gasteiger partial charge in [0.05, 0.1) is 6.10 Å². The van der Waals surface area contributed by atoms with E-state index in [1.807, 2.05) is 0 Å². The van der Waals surface area contributed by atoms with Crippen molar-refractivity contribution in [2.75, 3.05) is 33.8 Å². The molecule has 0 spiro atoms. The first kappa shape index (κ1) is 15.4. The van der Waals surface area contributed by atoms with Gasteiger partial charge in [0.15, 0.2) is 11.6 Å². The Morgan fingerprint density at radius 3 is 2.90 bits per heavy atom. The van der Waals surface area contributed by atoms with E-state index in [2.05, 4.69) is 10.2 Å². The summed E-state index contributed by atoms with van der Waals surface area (Å²) in [6.07, 6.45) is 2.08. The number of hydrogen-bond donors (Lipinski definition) is 1. The third-order valence-electron chi connectivity index (χ3n) is 4.00. The van der Waals surface area contributed by atoms with Crippen LogP contribution < -0.4 is 5.32 Å². The molecule has 1 aromatic carbocycles. The van der Waals surface area contributed by atoms with E-state index in [1.165, 1.54) is 0 Å². The van der Waals surface area contributed by atoms with Gasteiger partial charge >= 0.3 is 0 Å². The maximum Gasteiger partial charge on any atom is 0.163 e. The number of ether oxygens (including phenoxy) is 1. The maximum absolute atomic E-state index is 13.8. The summed E-state index contributed by atoms with van der Waals surface area (Å²) in [5, 5.41) is 3.07. The largest absolute Gasteiger partial charge is 0.380 e. The molecule has 112 valence electrons. The quantitative estimate of drug-likeness (QED) is 0.868. The molecule has 0 bridgehead atoms. The molecule has 5 heteroatoms. The zero-order valence-corrected chi connectivity index (χ0v) is 12.0. The lowest BCUT2D eigenvalue weighted by atomic mass is 10.0. The van der Waals surface area contributed by atoms with Gasteiger partial charge < -0.3 is 15.0 Å². The van der Waals surface area contributed by atoms with Crippen molar-refractivity contribution in [1.82, 2.24) is 10.2 Å². The van der Waals surface area contributed by atoms with Crippen LogP contribution in [0.3, 0.4) is 0 Å². The van der Waals surface area contributed by atoms with Crippen molar-refractivity contribution in [3.8, 4) is 0 Å². The molecule has 0 amide bonds. The fourth-order valence-corrected chi connectivity index (χ4v) is 2.75. The molecular formula is C15H22F2N2O. The Bertz CT molecular complexity index is 442. The van der Waals surface area contributed by atoms with E-state index in [0.717, 1.165) is 38.5 Å². The molecule has 1 N–H and O–H groups in total. The van der Waals surface area contributed by atoms with Gasteiger partial charge in [-0.1, -0.05) is 12.1 Å². The summed E-state index contributed by atoms with van der Waals surface area (Å²) in [5.74, 6) is -1.54. The summed E-state index contributed by atoms with van der Waals surface area (Å²) in [7, 11) is 3.50. The van der Waals surface area contributed by atoms with E-state index in [0.29, 0.717) is 11.7 Å². The molecule has 1 aromatic rings. The Morgan fingerprint density at radius 1 is 1.45 bits per heavy atom. The van der Waals surface area contributed by atoms with Gasteiger partial charge in [-0.2, -0.15) is 0 Å². The number of halogens is 2. The molecule has 0 aliphatic carbocycles. The first-order chi connectivity index (χ1) is 9.65. The SMILES string of the molecule is CNC(CCN1CCC(OC)C1)c1cccc(F)c1F. The predicted molar refractivity (Wildman–Crippen MR) is 74.6 cm³/mol. The van der Waals surface area contributed by atoms with Crippen molar-refractivity contribution in [2.45, 2.75) is 25.0 Å². The Kier molecular flexibility index (Phi) is 5.46. The predicted octanol–water partition coefficient (Wildman–Crippen LogP) is 2.34. The fraction of sp³-hybridized carbons (Fsp3) is 0.600. The lowest BCUT2D eigenvalue weighted by molar-refractivity contribution is 0.107. The van der Waals surface area contributed by atoms with E-state index in [4.69, 9.17) is 4.74 Å². The number of likely N-dealkylation sites (tertiary alicyclic amines) is 1. The third kappa shape index (κ3) is 3.53. The number of methoxy groups -OCH3 is 1. The smallest absolute Gasteiger partial charge is 0.163 e. The molecule has 20 heavy (non-hydrogen) atoms. The van der Waals surface area contributed by atoms with Gasteiger partial charge in [-0.15, -0.1) is 0 Å². The van der Waals surface area contributed by atoms with Gasteiger partial charge in [0.2, 0.25) is 0 Å². The van der Waals surface area contributed by atoms with Crippen molar-refractivity contribution in [2.24, 2.45) is 0 Å². The van der Waals surface area contributed by atoms with Crippen LogP contribution in [0.1, 0.15) is 24.4 Å². The molecule has 1 fully saturated rings. The summed E-state index contributed by atoms with van der Waals surface area (Å²) in [4.78, 5) is 2.30. The lowest BCUT2D eigenvalue weighted by Gasteiger charge is -2.21. The minimum atomic E-state index is -0.789. The monoisotopic (exact) mass is 284 g/mol. The highest BCUT2D eigenvalue weighted by Crippen LogP contribution is 2.23. The van der Waals surface area contributed by atoms with Gasteiger partial charge in [0.25, 0.3) is 0 Å². The molecule has 0 radical (unpaired) electrons. The van der Waals surface area contributed by atoms with E-state index >= 15 is 0 Å². The van der Waals surface area contributed by atoms with Gasteiger partial charge in [-0.05, 0) is 26.0 Å². The minimum absolute atomic E-state index is 0.174. The summed E-state index contributed by atoms with van der Waals surface area (Å²) in [6, 6.07) is 4.17. The molecular weight excluding hydrogens is 262 g/mol. The number of nitrogens with one attached hydrogen (secondary N) is 1. The van der Waals surface area contributed by atoms with Gasteiger partial charge in [-0.3, -0.25) is 0 Å². The lowest BCUT2D eigenvalue weighted by Crippen LogP contribution is -2.28. The Labute approximate surface area is 118 Å². The highest BCUT2D eigenvalue weighted by atomic mass is 19.2. The third-order valence-corrected chi connectivity index (χ3v) is 4.00. The zero-order chi connectivity index (χ0) is 14.5. The second-order valence-corrected chi connectivity index (χ2v) is 5.22. The molecule has 1 saturated heterocycles. The number of hydrogen-bond acceptors (Lipinski definition) is 3. The number of nitrogens with zero attached hydrogens (tertiary/aromatic N) is 1. The van der Waals surface area contributed by atoms with Gasteiger partial charge in [0.1, 0.15) is 0 Å². The molecule has 3 nitrogen and oxygen atoms in total. The van der Waals surface area contributed by atoms with Crippen molar-refractivity contribution in [3.63, 3.8) is 0 Å². The normalized spacial score (nSPS) is 21.3. The van der Waals surface area contributed by atoms with Crippen molar-refractivity contribution in [3.05, 3.63) is 35.4 Å². The van der Waals surface area contributed by atoms with E-state index in [1.54, 1.807) is 26.3 Å². The minimum Gasteiger partial charge on any atom is -0.380 e. The van der Waals surface area contributed by atoms with E-state index in [9.17, 15) is 8.78 Å². The van der Waals surface area contributed by atoms with Crippen molar-refractivity contribution < 1.29 is 13.5 Å². The van der Waals surface area contributed by atoms with E-state index < -0.39 is 11.6 Å². The molecule has 2 rings (SSSR count). The molecule has 2 atom stereocenters. The van der Waals surface area contributed by atoms with Crippen LogP contribution in [0.5, 0.6) is 0 Å². The first-order valence-electron chi connectivity index (χ1n) is 7.02. The maximum atomic E-state index is 13.8. The summed E-state index contributed by atoms with van der Waals surface area (Å²) >= 11 is 0. The number of benzene rings is 1. The van der Waals surface area contributed by atoms with Crippen LogP contribution in [-0.4, -0.2) is 44.8 Å². The van der Waals surface area contributed by atoms with Gasteiger partial charge in [-0.25, -0.2) is 8.78 Å². The topological polar surface area (TPSA) is 24.5 Å². The molecule has 0 aromatic heterocycles. The average Bonchev–Trinajstić information content (AvgIpc) is 2.92. The Morgan fingerprint density at radius 2 is 2.25 bits per heavy atom. The van der Waals surface area contributed by atoms with Crippen LogP contribution in [0.15, 0.2) is 18.2 Å². The molecule has 1 aliphatic heterocycles. The van der Waals surface area contributed by atoms with Crippen LogP contribution in [0.25, 0.3) is 0 Å². The zero-order valence-electron chi connectivity index (χ0n) is 12.0. The first-order valence-corrected chi connectivity index (χ1v) is 7.02. The molecule has 2 unspecified atom stereocenters. The highest BCUT2D eigenvalue weighted by molar-refractivity contribution is 5.22. The van der Waals surface area contributed by atoms with Crippen molar-refractivity contribution >= 4 is 0 Å². The second kappa shape index (κ2) is 7.11. The average molecular weight is 284 g/mol. The highest BCUT2D eigenvalue weighted by Gasteiger charge is 2.23. The summed E-state index contributed by atoms with van der Waals surface area (Å²) in [6.45, 7) is 2.76. The van der Waals surface area contributed by atoms with Crippen molar-refractivity contribution in [1.29, 1.82) is 0 Å². The van der Waals surface area contributed by atoms with Crippen LogP contribution in [-0.2, 0) is 4.74 Å². The number of rotatable bonds is 6. The van der Waals surface area contributed by atoms with Crippen LogP contribution in [0.2, 0.25) is 0 Å². The molecule has 1 aliphatic rings. The Balaban J connectivity index is 1.94. The summed E-state index contributed by atoms with van der Waals surface area (Å²) < 4.78 is 32.4. The standard InChI is InChI=1S/C15H22F2N2O/c1-18-14(12-4-3-5-13(16)15(12)17)7-9-19-8-6-11(10-19)20-2/h3-5,11,14,18H,6-10H2,1-2H3. The van der Waals surface area contributed by atoms with Crippen LogP contribution in [0, 0.1) is 11.6 Å². The van der Waals surface area contributed by atoms with Gasteiger partial charge in [0, 0.05) is 38.3 Å². The molecule has 0 saturated carbocycles. The second-order valence-electron chi connectivity index (χ2n) is 5.22. The summed E-state index contributed by atoms with van der Waals surface area (Å²) in [5.41, 5.74) is 0.398. The Hall–Kier alpha value is -1.04.